The third-order valence-corrected chi connectivity index (χ3v) is 2.50. The number of non-ortho nitro benzene ring substituents is 1. The van der Waals surface area contributed by atoms with Crippen molar-refractivity contribution in [1.82, 2.24) is 0 Å². The molecule has 0 aliphatic carbocycles. The summed E-state index contributed by atoms with van der Waals surface area (Å²) in [5.41, 5.74) is 1.08. The van der Waals surface area contributed by atoms with Gasteiger partial charge in [-0.05, 0) is 23.8 Å². The van der Waals surface area contributed by atoms with Crippen LogP contribution in [0.25, 0.3) is 0 Å². The minimum atomic E-state index is -0.532. The lowest BCUT2D eigenvalue weighted by Crippen LogP contribution is -2.00. The number of phenols is 1. The summed E-state index contributed by atoms with van der Waals surface area (Å²) in [6.07, 6.45) is 0. The predicted octanol–water partition coefficient (Wildman–Crippen LogP) is 3.05. The molecule has 0 fully saturated rings. The van der Waals surface area contributed by atoms with Gasteiger partial charge in [0.05, 0.1) is 4.92 Å². The molecule has 0 atom stereocenters. The molecule has 98 valence electrons. The minimum Gasteiger partial charge on any atom is -0.508 e. The Labute approximate surface area is 108 Å². The number of nitrogens with zero attached hydrogens (tertiary/aromatic N) is 1. The summed E-state index contributed by atoms with van der Waals surface area (Å²) < 4.78 is 13.0. The number of nitrogens with one attached hydrogen (secondary N) is 1. The van der Waals surface area contributed by atoms with Crippen molar-refractivity contribution < 1.29 is 14.4 Å². The number of hydrogen-bond acceptors (Lipinski definition) is 4. The average molecular weight is 262 g/mol. The number of benzene rings is 2. The Hall–Kier alpha value is -2.63. The zero-order valence-electron chi connectivity index (χ0n) is 9.84. The molecule has 2 aromatic carbocycles. The van der Waals surface area contributed by atoms with Crippen LogP contribution in [0.3, 0.4) is 0 Å². The van der Waals surface area contributed by atoms with Crippen molar-refractivity contribution in [2.24, 2.45) is 0 Å². The first kappa shape index (κ1) is 12.8. The second-order valence-corrected chi connectivity index (χ2v) is 3.98. The standard InChI is InChI=1S/C13H11FN2O3/c14-10-4-9(5-13(17)6-10)8-15-11-2-1-3-12(7-11)16(18)19/h1-7,15,17H,8H2. The van der Waals surface area contributed by atoms with E-state index in [1.807, 2.05) is 0 Å². The summed E-state index contributed by atoms with van der Waals surface area (Å²) >= 11 is 0. The third-order valence-electron chi connectivity index (χ3n) is 2.50. The van der Waals surface area contributed by atoms with Crippen LogP contribution < -0.4 is 5.32 Å². The van der Waals surface area contributed by atoms with Gasteiger partial charge in [-0.25, -0.2) is 4.39 Å². The molecule has 0 saturated heterocycles. The summed E-state index contributed by atoms with van der Waals surface area (Å²) in [7, 11) is 0. The maximum absolute atomic E-state index is 13.0. The lowest BCUT2D eigenvalue weighted by Gasteiger charge is -2.07. The molecule has 19 heavy (non-hydrogen) atoms. The van der Waals surface area contributed by atoms with Gasteiger partial charge in [-0.3, -0.25) is 10.1 Å². The number of halogens is 1. The Morgan fingerprint density at radius 2 is 2.05 bits per heavy atom. The Bertz CT molecular complexity index is 596. The highest BCUT2D eigenvalue weighted by molar-refractivity contribution is 5.51. The number of aromatic hydroxyl groups is 1. The van der Waals surface area contributed by atoms with Gasteiger partial charge in [0.25, 0.3) is 5.69 Å². The van der Waals surface area contributed by atoms with E-state index in [0.29, 0.717) is 11.3 Å². The molecule has 0 amide bonds. The van der Waals surface area contributed by atoms with E-state index in [1.54, 1.807) is 12.1 Å². The molecule has 0 saturated carbocycles. The maximum Gasteiger partial charge on any atom is 0.271 e. The van der Waals surface area contributed by atoms with Gasteiger partial charge in [0.1, 0.15) is 11.6 Å². The molecule has 6 heteroatoms. The monoisotopic (exact) mass is 262 g/mol. The fourth-order valence-corrected chi connectivity index (χ4v) is 1.67. The van der Waals surface area contributed by atoms with E-state index in [9.17, 15) is 19.6 Å². The van der Waals surface area contributed by atoms with E-state index in [0.717, 1.165) is 6.07 Å². The van der Waals surface area contributed by atoms with Crippen molar-refractivity contribution >= 4 is 11.4 Å². The first-order chi connectivity index (χ1) is 9.04. The van der Waals surface area contributed by atoms with E-state index in [1.165, 1.54) is 24.3 Å². The van der Waals surface area contributed by atoms with Gasteiger partial charge in [0, 0.05) is 30.4 Å². The van der Waals surface area contributed by atoms with Gasteiger partial charge in [-0.2, -0.15) is 0 Å². The fourth-order valence-electron chi connectivity index (χ4n) is 1.67. The second kappa shape index (κ2) is 5.34. The molecule has 0 aromatic heterocycles. The molecule has 5 nitrogen and oxygen atoms in total. The minimum absolute atomic E-state index is 0.0212. The fraction of sp³-hybridized carbons (Fsp3) is 0.0769. The SMILES string of the molecule is O=[N+]([O-])c1cccc(NCc2cc(O)cc(F)c2)c1. The van der Waals surface area contributed by atoms with E-state index in [-0.39, 0.29) is 18.0 Å². The van der Waals surface area contributed by atoms with Crippen molar-refractivity contribution in [1.29, 1.82) is 0 Å². The van der Waals surface area contributed by atoms with Gasteiger partial charge < -0.3 is 10.4 Å². The maximum atomic E-state index is 13.0. The van der Waals surface area contributed by atoms with Crippen LogP contribution in [-0.4, -0.2) is 10.0 Å². The van der Waals surface area contributed by atoms with Crippen LogP contribution in [0.5, 0.6) is 5.75 Å². The highest BCUT2D eigenvalue weighted by Gasteiger charge is 2.05. The van der Waals surface area contributed by atoms with Gasteiger partial charge in [0.2, 0.25) is 0 Å². The number of hydrogen-bond donors (Lipinski definition) is 2. The van der Waals surface area contributed by atoms with E-state index in [2.05, 4.69) is 5.32 Å². The zero-order chi connectivity index (χ0) is 13.8. The number of nitro benzene ring substituents is 1. The Kier molecular flexibility index (Phi) is 3.61. The molecule has 0 bridgehead atoms. The summed E-state index contributed by atoms with van der Waals surface area (Å²) in [5, 5.41) is 22.8. The molecule has 2 rings (SSSR count). The van der Waals surface area contributed by atoms with Crippen LogP contribution in [0.1, 0.15) is 5.56 Å². The topological polar surface area (TPSA) is 75.4 Å². The van der Waals surface area contributed by atoms with Crippen LogP contribution >= 0.6 is 0 Å². The highest BCUT2D eigenvalue weighted by atomic mass is 19.1. The number of phenolic OH excluding ortho intramolecular Hbond substituents is 1. The van der Waals surface area contributed by atoms with Crippen LogP contribution in [0.4, 0.5) is 15.8 Å². The van der Waals surface area contributed by atoms with Crippen molar-refractivity contribution in [3.8, 4) is 5.75 Å². The van der Waals surface area contributed by atoms with E-state index < -0.39 is 10.7 Å². The smallest absolute Gasteiger partial charge is 0.271 e. The first-order valence-electron chi connectivity index (χ1n) is 5.51. The average Bonchev–Trinajstić information content (AvgIpc) is 2.35. The zero-order valence-corrected chi connectivity index (χ0v) is 9.84. The number of nitro groups is 1. The van der Waals surface area contributed by atoms with E-state index in [4.69, 9.17) is 0 Å². The number of rotatable bonds is 4. The van der Waals surface area contributed by atoms with E-state index >= 15 is 0 Å². The molecule has 0 radical (unpaired) electrons. The summed E-state index contributed by atoms with van der Waals surface area (Å²) in [6.45, 7) is 0.256. The van der Waals surface area contributed by atoms with Crippen LogP contribution in [-0.2, 0) is 6.54 Å². The number of anilines is 1. The molecule has 0 aliphatic heterocycles. The van der Waals surface area contributed by atoms with Crippen molar-refractivity contribution in [2.75, 3.05) is 5.32 Å². The quantitative estimate of drug-likeness (QED) is 0.656. The van der Waals surface area contributed by atoms with Crippen molar-refractivity contribution in [3.05, 3.63) is 64.0 Å². The van der Waals surface area contributed by atoms with Gasteiger partial charge >= 0.3 is 0 Å². The van der Waals surface area contributed by atoms with Crippen LogP contribution in [0.2, 0.25) is 0 Å². The summed E-state index contributed by atoms with van der Waals surface area (Å²) in [5.74, 6) is -0.688. The first-order valence-corrected chi connectivity index (χ1v) is 5.51. The normalized spacial score (nSPS) is 10.2. The summed E-state index contributed by atoms with van der Waals surface area (Å²) in [6, 6.07) is 9.72. The Morgan fingerprint density at radius 1 is 1.26 bits per heavy atom. The van der Waals surface area contributed by atoms with Gasteiger partial charge in [0.15, 0.2) is 0 Å². The van der Waals surface area contributed by atoms with Gasteiger partial charge in [-0.1, -0.05) is 6.07 Å². The second-order valence-electron chi connectivity index (χ2n) is 3.98. The molecule has 2 aromatic rings. The summed E-state index contributed by atoms with van der Waals surface area (Å²) in [4.78, 5) is 10.1. The highest BCUT2D eigenvalue weighted by Crippen LogP contribution is 2.19. The Morgan fingerprint density at radius 3 is 2.74 bits per heavy atom. The molecule has 0 aliphatic rings. The lowest BCUT2D eigenvalue weighted by atomic mass is 10.2. The Balaban J connectivity index is 2.10. The molecule has 0 unspecified atom stereocenters. The third kappa shape index (κ3) is 3.41. The van der Waals surface area contributed by atoms with Crippen molar-refractivity contribution in [3.63, 3.8) is 0 Å². The largest absolute Gasteiger partial charge is 0.508 e. The van der Waals surface area contributed by atoms with Crippen LogP contribution in [0.15, 0.2) is 42.5 Å². The van der Waals surface area contributed by atoms with Crippen LogP contribution in [0, 0.1) is 15.9 Å². The molecule has 0 heterocycles. The molecule has 0 spiro atoms. The molecule has 2 N–H and O–H groups in total. The van der Waals surface area contributed by atoms with Gasteiger partial charge in [-0.15, -0.1) is 0 Å². The molecular formula is C13H11FN2O3. The van der Waals surface area contributed by atoms with Crippen molar-refractivity contribution in [2.45, 2.75) is 6.54 Å². The predicted molar refractivity (Wildman–Crippen MR) is 68.5 cm³/mol. The lowest BCUT2D eigenvalue weighted by molar-refractivity contribution is -0.384. The molecular weight excluding hydrogens is 251 g/mol.